The first-order valence-corrected chi connectivity index (χ1v) is 7.83. The SMILES string of the molecule is O=S(=O)(CC1CCCNC1)NCCn1ccnn1. The van der Waals surface area contributed by atoms with Crippen molar-refractivity contribution in [1.29, 1.82) is 0 Å². The van der Waals surface area contributed by atoms with Crippen molar-refractivity contribution in [3.05, 3.63) is 12.4 Å². The number of hydrogen-bond donors (Lipinski definition) is 2. The molecule has 2 N–H and O–H groups in total. The highest BCUT2D eigenvalue weighted by Gasteiger charge is 2.20. The zero-order valence-electron chi connectivity index (χ0n) is 10.2. The minimum absolute atomic E-state index is 0.206. The number of aromatic nitrogens is 3. The van der Waals surface area contributed by atoms with Crippen LogP contribution in [0.4, 0.5) is 0 Å². The molecule has 0 amide bonds. The van der Waals surface area contributed by atoms with E-state index in [-0.39, 0.29) is 11.7 Å². The van der Waals surface area contributed by atoms with E-state index in [1.54, 1.807) is 17.1 Å². The van der Waals surface area contributed by atoms with E-state index in [9.17, 15) is 8.42 Å². The van der Waals surface area contributed by atoms with E-state index in [1.165, 1.54) is 0 Å². The summed E-state index contributed by atoms with van der Waals surface area (Å²) in [4.78, 5) is 0. The van der Waals surface area contributed by atoms with Gasteiger partial charge in [-0.15, -0.1) is 5.10 Å². The Morgan fingerprint density at radius 1 is 1.50 bits per heavy atom. The lowest BCUT2D eigenvalue weighted by atomic mass is 10.0. The van der Waals surface area contributed by atoms with Gasteiger partial charge in [-0.1, -0.05) is 5.21 Å². The van der Waals surface area contributed by atoms with Gasteiger partial charge in [-0.25, -0.2) is 13.1 Å². The van der Waals surface area contributed by atoms with Crippen LogP contribution in [0.1, 0.15) is 12.8 Å². The Morgan fingerprint density at radius 2 is 2.39 bits per heavy atom. The fraction of sp³-hybridized carbons (Fsp3) is 0.800. The van der Waals surface area contributed by atoms with E-state index < -0.39 is 10.0 Å². The number of nitrogens with one attached hydrogen (secondary N) is 2. The molecule has 0 aromatic carbocycles. The molecule has 0 aliphatic carbocycles. The quantitative estimate of drug-likeness (QED) is 0.708. The first kappa shape index (κ1) is 13.4. The van der Waals surface area contributed by atoms with Gasteiger partial charge in [-0.2, -0.15) is 0 Å². The highest BCUT2D eigenvalue weighted by molar-refractivity contribution is 7.89. The van der Waals surface area contributed by atoms with Gasteiger partial charge in [0.05, 0.1) is 18.5 Å². The normalized spacial score (nSPS) is 21.0. The van der Waals surface area contributed by atoms with Crippen molar-refractivity contribution in [3.8, 4) is 0 Å². The summed E-state index contributed by atoms with van der Waals surface area (Å²) in [5.41, 5.74) is 0. The van der Waals surface area contributed by atoms with Crippen LogP contribution in [0.3, 0.4) is 0 Å². The zero-order valence-corrected chi connectivity index (χ0v) is 11.1. The van der Waals surface area contributed by atoms with Crippen molar-refractivity contribution in [1.82, 2.24) is 25.0 Å². The molecule has 0 saturated carbocycles. The topological polar surface area (TPSA) is 88.9 Å². The fourth-order valence-electron chi connectivity index (χ4n) is 2.10. The Kier molecular flexibility index (Phi) is 4.67. The van der Waals surface area contributed by atoms with Crippen molar-refractivity contribution in [3.63, 3.8) is 0 Å². The molecule has 7 nitrogen and oxygen atoms in total. The van der Waals surface area contributed by atoms with Crippen LogP contribution in [0, 0.1) is 5.92 Å². The summed E-state index contributed by atoms with van der Waals surface area (Å²) in [5.74, 6) is 0.430. The van der Waals surface area contributed by atoms with Gasteiger partial charge in [0.15, 0.2) is 0 Å². The molecule has 0 bridgehead atoms. The monoisotopic (exact) mass is 273 g/mol. The fourth-order valence-corrected chi connectivity index (χ4v) is 3.53. The third-order valence-electron chi connectivity index (χ3n) is 2.99. The number of rotatable bonds is 6. The predicted octanol–water partition coefficient (Wildman–Crippen LogP) is -0.803. The molecule has 1 fully saturated rings. The van der Waals surface area contributed by atoms with E-state index in [0.29, 0.717) is 13.1 Å². The Morgan fingerprint density at radius 3 is 3.06 bits per heavy atom. The molecule has 8 heteroatoms. The van der Waals surface area contributed by atoms with E-state index in [1.807, 2.05) is 0 Å². The van der Waals surface area contributed by atoms with Crippen molar-refractivity contribution in [2.75, 3.05) is 25.4 Å². The molecule has 2 heterocycles. The molecule has 1 saturated heterocycles. The molecule has 1 aliphatic rings. The van der Waals surface area contributed by atoms with Crippen LogP contribution in [0.15, 0.2) is 12.4 Å². The van der Waals surface area contributed by atoms with Crippen LogP contribution < -0.4 is 10.0 Å². The average Bonchev–Trinajstić information content (AvgIpc) is 2.82. The minimum atomic E-state index is -3.19. The maximum Gasteiger partial charge on any atom is 0.211 e. The van der Waals surface area contributed by atoms with Crippen LogP contribution in [-0.4, -0.2) is 48.8 Å². The number of piperidine rings is 1. The Labute approximate surface area is 107 Å². The van der Waals surface area contributed by atoms with Crippen LogP contribution in [0.5, 0.6) is 0 Å². The Hall–Kier alpha value is -0.990. The molecule has 0 spiro atoms. The van der Waals surface area contributed by atoms with Gasteiger partial charge in [0.2, 0.25) is 10.0 Å². The van der Waals surface area contributed by atoms with Crippen molar-refractivity contribution >= 4 is 10.0 Å². The van der Waals surface area contributed by atoms with Gasteiger partial charge in [0, 0.05) is 12.7 Å². The zero-order chi connectivity index (χ0) is 12.8. The van der Waals surface area contributed by atoms with Gasteiger partial charge in [-0.3, -0.25) is 4.68 Å². The summed E-state index contributed by atoms with van der Waals surface area (Å²) < 4.78 is 27.9. The molecule has 1 unspecified atom stereocenters. The second-order valence-corrected chi connectivity index (χ2v) is 6.41. The van der Waals surface area contributed by atoms with Crippen LogP contribution in [-0.2, 0) is 16.6 Å². The lowest BCUT2D eigenvalue weighted by molar-refractivity contribution is 0.402. The summed E-state index contributed by atoms with van der Waals surface area (Å²) in [6.45, 7) is 2.65. The number of sulfonamides is 1. The molecule has 18 heavy (non-hydrogen) atoms. The molecule has 1 aromatic rings. The number of nitrogens with zero attached hydrogens (tertiary/aromatic N) is 3. The predicted molar refractivity (Wildman–Crippen MR) is 67.4 cm³/mol. The van der Waals surface area contributed by atoms with Gasteiger partial charge >= 0.3 is 0 Å². The molecular weight excluding hydrogens is 254 g/mol. The summed E-state index contributed by atoms with van der Waals surface area (Å²) in [5, 5.41) is 10.7. The largest absolute Gasteiger partial charge is 0.316 e. The summed E-state index contributed by atoms with van der Waals surface area (Å²) in [7, 11) is -3.19. The Balaban J connectivity index is 1.73. The van der Waals surface area contributed by atoms with E-state index in [0.717, 1.165) is 25.9 Å². The van der Waals surface area contributed by atoms with Crippen molar-refractivity contribution in [2.45, 2.75) is 19.4 Å². The summed E-state index contributed by atoms with van der Waals surface area (Å²) >= 11 is 0. The summed E-state index contributed by atoms with van der Waals surface area (Å²) in [6.07, 6.45) is 5.32. The molecule has 1 aliphatic heterocycles. The Bertz CT molecular complexity index is 439. The molecule has 102 valence electrons. The van der Waals surface area contributed by atoms with Crippen molar-refractivity contribution in [2.24, 2.45) is 5.92 Å². The lowest BCUT2D eigenvalue weighted by Crippen LogP contribution is -2.38. The minimum Gasteiger partial charge on any atom is -0.316 e. The van der Waals surface area contributed by atoms with Crippen LogP contribution in [0.2, 0.25) is 0 Å². The van der Waals surface area contributed by atoms with Gasteiger partial charge in [0.25, 0.3) is 0 Å². The van der Waals surface area contributed by atoms with E-state index in [4.69, 9.17) is 0 Å². The maximum absolute atomic E-state index is 11.8. The molecule has 1 atom stereocenters. The second kappa shape index (κ2) is 6.26. The van der Waals surface area contributed by atoms with Crippen LogP contribution >= 0.6 is 0 Å². The third-order valence-corrected chi connectivity index (χ3v) is 4.54. The average molecular weight is 273 g/mol. The standard InChI is InChI=1S/C10H19N5O2S/c16-18(17,9-10-2-1-3-11-8-10)13-5-7-15-6-4-12-14-15/h4,6,10-11,13H,1-3,5,7-9H2. The molecular formula is C10H19N5O2S. The summed E-state index contributed by atoms with van der Waals surface area (Å²) in [6, 6.07) is 0. The van der Waals surface area contributed by atoms with Gasteiger partial charge in [0.1, 0.15) is 0 Å². The van der Waals surface area contributed by atoms with Gasteiger partial charge in [-0.05, 0) is 31.8 Å². The van der Waals surface area contributed by atoms with E-state index >= 15 is 0 Å². The van der Waals surface area contributed by atoms with E-state index in [2.05, 4.69) is 20.4 Å². The maximum atomic E-state index is 11.8. The first-order valence-electron chi connectivity index (χ1n) is 6.18. The van der Waals surface area contributed by atoms with Gasteiger partial charge < -0.3 is 5.32 Å². The number of hydrogen-bond acceptors (Lipinski definition) is 5. The lowest BCUT2D eigenvalue weighted by Gasteiger charge is -2.22. The highest BCUT2D eigenvalue weighted by Crippen LogP contribution is 2.11. The third kappa shape index (κ3) is 4.35. The molecule has 2 rings (SSSR count). The van der Waals surface area contributed by atoms with Crippen molar-refractivity contribution < 1.29 is 8.42 Å². The first-order chi connectivity index (χ1) is 8.66. The second-order valence-electron chi connectivity index (χ2n) is 4.55. The smallest absolute Gasteiger partial charge is 0.211 e. The van der Waals surface area contributed by atoms with Crippen LogP contribution in [0.25, 0.3) is 0 Å². The molecule has 0 radical (unpaired) electrons. The highest BCUT2D eigenvalue weighted by atomic mass is 32.2. The molecule has 1 aromatic heterocycles.